The van der Waals surface area contributed by atoms with Gasteiger partial charge in [0, 0.05) is 0 Å². The number of sulfonamides is 1. The molecular weight excluding hydrogens is 483 g/mol. The van der Waals surface area contributed by atoms with Crippen LogP contribution in [0, 0.1) is 0 Å². The number of ether oxygens (including phenoxy) is 1. The normalized spacial score (nSPS) is 11.8. The number of anilines is 1. The monoisotopic (exact) mass is 506 g/mol. The molecule has 1 N–H and O–H groups in total. The number of carbonyl (C=O) groups is 1. The zero-order chi connectivity index (χ0) is 23.4. The molecule has 0 heterocycles. The fourth-order valence-corrected chi connectivity index (χ4v) is 4.23. The fraction of sp³-hybridized carbons (Fsp3) is 0.381. The molecule has 0 aliphatic heterocycles. The van der Waals surface area contributed by atoms with Crippen LogP contribution in [-0.4, -0.2) is 40.3 Å². The lowest BCUT2D eigenvalue weighted by Crippen LogP contribution is -2.41. The molecule has 0 aromatic heterocycles. The van der Waals surface area contributed by atoms with Gasteiger partial charge in [-0.1, -0.05) is 67.7 Å². The molecule has 0 saturated carbocycles. The van der Waals surface area contributed by atoms with Gasteiger partial charge in [0.15, 0.2) is 0 Å². The second-order valence-corrected chi connectivity index (χ2v) is 11.1. The molecule has 1 amide bonds. The van der Waals surface area contributed by atoms with Crippen LogP contribution in [0.25, 0.3) is 0 Å². The highest BCUT2D eigenvalue weighted by atomic mass is 35.5. The molecule has 170 valence electrons. The third kappa shape index (κ3) is 7.45. The molecule has 0 bridgehead atoms. The van der Waals surface area contributed by atoms with Crippen molar-refractivity contribution >= 4 is 56.4 Å². The van der Waals surface area contributed by atoms with Crippen LogP contribution in [-0.2, 0) is 20.2 Å². The van der Waals surface area contributed by atoms with Crippen LogP contribution in [0.15, 0.2) is 36.4 Å². The summed E-state index contributed by atoms with van der Waals surface area (Å²) in [6, 6.07) is 10.4. The van der Waals surface area contributed by atoms with Crippen molar-refractivity contribution in [2.24, 2.45) is 0 Å². The first-order valence-corrected chi connectivity index (χ1v) is 12.4. The topological polar surface area (TPSA) is 75.7 Å². The Morgan fingerprint density at radius 1 is 1.03 bits per heavy atom. The minimum absolute atomic E-state index is 0.0508. The third-order valence-corrected chi connectivity index (χ3v) is 6.51. The summed E-state index contributed by atoms with van der Waals surface area (Å²) in [4.78, 5) is 12.3. The number of benzene rings is 2. The maximum Gasteiger partial charge on any atom is 0.240 e. The van der Waals surface area contributed by atoms with Crippen molar-refractivity contribution in [2.75, 3.05) is 30.3 Å². The van der Waals surface area contributed by atoms with Crippen LogP contribution in [0.4, 0.5) is 5.69 Å². The predicted octanol–water partition coefficient (Wildman–Crippen LogP) is 4.91. The molecule has 0 radical (unpaired) electrons. The summed E-state index contributed by atoms with van der Waals surface area (Å²) in [6.45, 7) is 6.35. The Morgan fingerprint density at radius 3 is 2.16 bits per heavy atom. The van der Waals surface area contributed by atoms with Crippen LogP contribution in [0.2, 0.25) is 15.1 Å². The second kappa shape index (κ2) is 10.3. The van der Waals surface area contributed by atoms with Crippen LogP contribution in [0.3, 0.4) is 0 Å². The predicted molar refractivity (Wildman–Crippen MR) is 127 cm³/mol. The average Bonchev–Trinajstić information content (AvgIpc) is 2.65. The van der Waals surface area contributed by atoms with E-state index in [2.05, 4.69) is 26.1 Å². The number of hydrogen-bond donors (Lipinski definition) is 1. The van der Waals surface area contributed by atoms with Gasteiger partial charge in [-0.3, -0.25) is 9.10 Å². The van der Waals surface area contributed by atoms with E-state index >= 15 is 0 Å². The van der Waals surface area contributed by atoms with Gasteiger partial charge >= 0.3 is 0 Å². The Labute approximate surface area is 198 Å². The lowest BCUT2D eigenvalue weighted by atomic mass is 9.87. The van der Waals surface area contributed by atoms with E-state index in [-0.39, 0.29) is 39.3 Å². The lowest BCUT2D eigenvalue weighted by molar-refractivity contribution is -0.119. The number of nitrogens with zero attached hydrogens (tertiary/aromatic N) is 1. The number of amides is 1. The minimum Gasteiger partial charge on any atom is -0.492 e. The molecule has 6 nitrogen and oxygen atoms in total. The maximum absolute atomic E-state index is 12.3. The molecule has 2 aromatic rings. The molecule has 2 rings (SSSR count). The standard InChI is InChI=1S/C21H25Cl3N2O4S/c1-21(2,3)14-5-7-15(8-6-14)30-10-9-25-20(27)13-26(31(4,28)29)19-12-17(23)16(22)11-18(19)24/h5-8,11-12H,9-10,13H2,1-4H3,(H,25,27). The Morgan fingerprint density at radius 2 is 1.61 bits per heavy atom. The first kappa shape index (κ1) is 25.6. The van der Waals surface area contributed by atoms with Crippen molar-refractivity contribution in [1.29, 1.82) is 0 Å². The summed E-state index contributed by atoms with van der Waals surface area (Å²) in [6.07, 6.45) is 0.976. The van der Waals surface area contributed by atoms with Crippen LogP contribution in [0.5, 0.6) is 5.75 Å². The zero-order valence-electron chi connectivity index (χ0n) is 17.7. The van der Waals surface area contributed by atoms with Gasteiger partial charge in [-0.25, -0.2) is 8.42 Å². The highest BCUT2D eigenvalue weighted by molar-refractivity contribution is 7.92. The number of carbonyl (C=O) groups excluding carboxylic acids is 1. The first-order valence-electron chi connectivity index (χ1n) is 9.41. The Bertz CT molecular complexity index is 1040. The van der Waals surface area contributed by atoms with Gasteiger partial charge in [0.2, 0.25) is 15.9 Å². The van der Waals surface area contributed by atoms with E-state index in [1.54, 1.807) is 0 Å². The lowest BCUT2D eigenvalue weighted by Gasteiger charge is -2.23. The van der Waals surface area contributed by atoms with Gasteiger partial charge < -0.3 is 10.1 Å². The maximum atomic E-state index is 12.3. The summed E-state index contributed by atoms with van der Waals surface area (Å²) < 4.78 is 30.9. The molecule has 0 spiro atoms. The molecule has 0 fully saturated rings. The Hall–Kier alpha value is -1.67. The van der Waals surface area contributed by atoms with E-state index in [4.69, 9.17) is 39.5 Å². The minimum atomic E-state index is -3.80. The molecule has 0 unspecified atom stereocenters. The molecule has 0 aliphatic rings. The van der Waals surface area contributed by atoms with E-state index in [1.165, 1.54) is 17.7 Å². The molecule has 31 heavy (non-hydrogen) atoms. The van der Waals surface area contributed by atoms with Gasteiger partial charge in [0.25, 0.3) is 0 Å². The van der Waals surface area contributed by atoms with Gasteiger partial charge in [0.05, 0.1) is 33.6 Å². The number of nitrogens with one attached hydrogen (secondary N) is 1. The third-order valence-electron chi connectivity index (χ3n) is 4.36. The largest absolute Gasteiger partial charge is 0.492 e. The van der Waals surface area contributed by atoms with Crippen molar-refractivity contribution in [1.82, 2.24) is 5.32 Å². The van der Waals surface area contributed by atoms with Crippen molar-refractivity contribution in [3.8, 4) is 5.75 Å². The molecule has 2 aromatic carbocycles. The zero-order valence-corrected chi connectivity index (χ0v) is 20.8. The smallest absolute Gasteiger partial charge is 0.240 e. The van der Waals surface area contributed by atoms with Crippen LogP contribution < -0.4 is 14.4 Å². The van der Waals surface area contributed by atoms with E-state index < -0.39 is 22.5 Å². The van der Waals surface area contributed by atoms with Crippen LogP contribution >= 0.6 is 34.8 Å². The summed E-state index contributed by atoms with van der Waals surface area (Å²) in [5.41, 5.74) is 1.31. The van der Waals surface area contributed by atoms with Crippen molar-refractivity contribution in [3.05, 3.63) is 57.0 Å². The van der Waals surface area contributed by atoms with E-state index in [1.807, 2.05) is 24.3 Å². The van der Waals surface area contributed by atoms with Crippen molar-refractivity contribution in [2.45, 2.75) is 26.2 Å². The molecule has 10 heteroatoms. The molecule has 0 atom stereocenters. The second-order valence-electron chi connectivity index (χ2n) is 7.96. The molecule has 0 aliphatic carbocycles. The van der Waals surface area contributed by atoms with Crippen molar-refractivity contribution < 1.29 is 17.9 Å². The first-order chi connectivity index (χ1) is 14.3. The van der Waals surface area contributed by atoms with E-state index in [9.17, 15) is 13.2 Å². The van der Waals surface area contributed by atoms with Crippen LogP contribution in [0.1, 0.15) is 26.3 Å². The summed E-state index contributed by atoms with van der Waals surface area (Å²) in [7, 11) is -3.80. The fourth-order valence-electron chi connectivity index (χ4n) is 2.68. The van der Waals surface area contributed by atoms with Gasteiger partial charge in [0.1, 0.15) is 18.9 Å². The highest BCUT2D eigenvalue weighted by Gasteiger charge is 2.24. The van der Waals surface area contributed by atoms with E-state index in [0.29, 0.717) is 5.75 Å². The quantitative estimate of drug-likeness (QED) is 0.407. The Balaban J connectivity index is 1.95. The number of rotatable bonds is 8. The van der Waals surface area contributed by atoms with Gasteiger partial charge in [-0.05, 0) is 35.2 Å². The summed E-state index contributed by atoms with van der Waals surface area (Å²) in [5, 5.41) is 3.01. The van der Waals surface area contributed by atoms with Gasteiger partial charge in [-0.15, -0.1) is 0 Å². The van der Waals surface area contributed by atoms with Gasteiger partial charge in [-0.2, -0.15) is 0 Å². The molecule has 0 saturated heterocycles. The average molecular weight is 508 g/mol. The molecular formula is C21H25Cl3N2O4S. The SMILES string of the molecule is CC(C)(C)c1ccc(OCCNC(=O)CN(c2cc(Cl)c(Cl)cc2Cl)S(C)(=O)=O)cc1. The number of hydrogen-bond acceptors (Lipinski definition) is 4. The number of halogens is 3. The summed E-state index contributed by atoms with van der Waals surface area (Å²) >= 11 is 18.0. The highest BCUT2D eigenvalue weighted by Crippen LogP contribution is 2.35. The Kier molecular flexibility index (Phi) is 8.50. The van der Waals surface area contributed by atoms with Crippen molar-refractivity contribution in [3.63, 3.8) is 0 Å². The van der Waals surface area contributed by atoms with E-state index in [0.717, 1.165) is 10.6 Å². The summed E-state index contributed by atoms with van der Waals surface area (Å²) in [5.74, 6) is 0.168.